The number of pyridine rings is 1. The normalized spacial score (nSPS) is 21.8. The van der Waals surface area contributed by atoms with Crippen LogP contribution in [0.15, 0.2) is 16.7 Å². The fourth-order valence-electron chi connectivity index (χ4n) is 3.61. The number of rotatable bonds is 6. The molecule has 0 aromatic carbocycles. The molecule has 0 N–H and O–H groups in total. The molecule has 0 bridgehead atoms. The summed E-state index contributed by atoms with van der Waals surface area (Å²) in [6, 6.07) is 1.13. The Bertz CT molecular complexity index is 525. The summed E-state index contributed by atoms with van der Waals surface area (Å²) in [5, 5.41) is 0. The van der Waals surface area contributed by atoms with Crippen LogP contribution in [0.2, 0.25) is 0 Å². The van der Waals surface area contributed by atoms with E-state index in [0.717, 1.165) is 31.3 Å². The molecule has 0 spiro atoms. The van der Waals surface area contributed by atoms with Crippen molar-refractivity contribution < 1.29 is 13.2 Å². The first-order valence-electron chi connectivity index (χ1n) is 8.82. The zero-order valence-electron chi connectivity index (χ0n) is 14.4. The van der Waals surface area contributed by atoms with Crippen molar-refractivity contribution in [1.82, 2.24) is 4.98 Å². The molecule has 0 aliphatic heterocycles. The first kappa shape index (κ1) is 19.5. The molecule has 1 aliphatic rings. The van der Waals surface area contributed by atoms with Gasteiger partial charge < -0.3 is 4.90 Å². The largest absolute Gasteiger partial charge is 0.417 e. The highest BCUT2D eigenvalue weighted by molar-refractivity contribution is 9.10. The summed E-state index contributed by atoms with van der Waals surface area (Å²) in [4.78, 5) is 6.18. The van der Waals surface area contributed by atoms with Crippen LogP contribution in [-0.4, -0.2) is 18.1 Å². The molecule has 6 heteroatoms. The van der Waals surface area contributed by atoms with E-state index >= 15 is 0 Å². The third kappa shape index (κ3) is 5.11. The lowest BCUT2D eigenvalue weighted by Crippen LogP contribution is -2.32. The first-order valence-corrected chi connectivity index (χ1v) is 9.62. The highest BCUT2D eigenvalue weighted by atomic mass is 79.9. The van der Waals surface area contributed by atoms with Crippen LogP contribution >= 0.6 is 15.9 Å². The molecule has 1 saturated carbocycles. The summed E-state index contributed by atoms with van der Waals surface area (Å²) < 4.78 is 38.8. The second kappa shape index (κ2) is 8.54. The van der Waals surface area contributed by atoms with Crippen LogP contribution in [-0.2, 0) is 6.18 Å². The molecule has 2 rings (SSSR count). The van der Waals surface area contributed by atoms with Crippen LogP contribution in [0.25, 0.3) is 0 Å². The van der Waals surface area contributed by atoms with E-state index in [2.05, 4.69) is 32.7 Å². The third-order valence-electron chi connectivity index (χ3n) is 4.97. The van der Waals surface area contributed by atoms with Gasteiger partial charge in [-0.3, -0.25) is 0 Å². The molecule has 2 nitrogen and oxygen atoms in total. The number of halogens is 4. The van der Waals surface area contributed by atoms with E-state index in [-0.39, 0.29) is 0 Å². The summed E-state index contributed by atoms with van der Waals surface area (Å²) in [6.45, 7) is 5.87. The Kier molecular flexibility index (Phi) is 6.96. The number of alkyl halides is 3. The monoisotopic (exact) mass is 406 g/mol. The molecule has 1 aromatic rings. The summed E-state index contributed by atoms with van der Waals surface area (Å²) in [5.74, 6) is 2.08. The van der Waals surface area contributed by atoms with Gasteiger partial charge in [-0.1, -0.05) is 32.6 Å². The fourth-order valence-corrected chi connectivity index (χ4v) is 4.21. The Morgan fingerprint density at radius 1 is 1.17 bits per heavy atom. The lowest BCUT2D eigenvalue weighted by molar-refractivity contribution is -0.137. The predicted molar refractivity (Wildman–Crippen MR) is 95.2 cm³/mol. The number of hydrogen-bond donors (Lipinski definition) is 0. The van der Waals surface area contributed by atoms with Gasteiger partial charge in [0.1, 0.15) is 5.82 Å². The highest BCUT2D eigenvalue weighted by Gasteiger charge is 2.32. The van der Waals surface area contributed by atoms with Crippen molar-refractivity contribution in [2.45, 2.75) is 58.5 Å². The van der Waals surface area contributed by atoms with Gasteiger partial charge in [0.2, 0.25) is 0 Å². The van der Waals surface area contributed by atoms with E-state index in [1.165, 1.54) is 38.5 Å². The van der Waals surface area contributed by atoms with Crippen LogP contribution < -0.4 is 4.90 Å². The van der Waals surface area contributed by atoms with Crippen LogP contribution in [0.3, 0.4) is 0 Å². The highest BCUT2D eigenvalue weighted by Crippen LogP contribution is 2.36. The van der Waals surface area contributed by atoms with Crippen LogP contribution in [0.4, 0.5) is 19.0 Å². The molecule has 0 radical (unpaired) electrons. The molecular weight excluding hydrogens is 381 g/mol. The molecule has 1 heterocycles. The lowest BCUT2D eigenvalue weighted by atomic mass is 9.80. The smallest absolute Gasteiger partial charge is 0.356 e. The average molecular weight is 407 g/mol. The minimum absolute atomic E-state index is 0.416. The van der Waals surface area contributed by atoms with Gasteiger partial charge in [0.25, 0.3) is 0 Å². The topological polar surface area (TPSA) is 16.1 Å². The number of nitrogens with zero attached hydrogens (tertiary/aromatic N) is 2. The van der Waals surface area contributed by atoms with Gasteiger partial charge in [-0.2, -0.15) is 13.2 Å². The standard InChI is InChI=1S/C18H26BrF3N2/c1-3-5-13-6-8-14(9-7-13)12-24(4-2)17-16(19)10-15(11-23-17)18(20,21)22/h10-11,13-14H,3-9,12H2,1-2H3. The second-order valence-corrected chi connectivity index (χ2v) is 7.60. The van der Waals surface area contributed by atoms with Gasteiger partial charge in [-0.05, 0) is 53.6 Å². The van der Waals surface area contributed by atoms with Gasteiger partial charge in [0.05, 0.1) is 10.0 Å². The number of hydrogen-bond acceptors (Lipinski definition) is 2. The van der Waals surface area contributed by atoms with Crippen LogP contribution in [0, 0.1) is 11.8 Å². The zero-order valence-corrected chi connectivity index (χ0v) is 16.0. The fraction of sp³-hybridized carbons (Fsp3) is 0.722. The Balaban J connectivity index is 2.02. The lowest BCUT2D eigenvalue weighted by Gasteiger charge is -2.33. The van der Waals surface area contributed by atoms with E-state index in [1.807, 2.05) is 6.92 Å². The third-order valence-corrected chi connectivity index (χ3v) is 5.56. The quantitative estimate of drug-likeness (QED) is 0.551. The van der Waals surface area contributed by atoms with Crippen molar-refractivity contribution in [3.05, 3.63) is 22.3 Å². The molecule has 136 valence electrons. The van der Waals surface area contributed by atoms with Crippen LogP contribution in [0.5, 0.6) is 0 Å². The molecule has 0 saturated heterocycles. The van der Waals surface area contributed by atoms with Crippen LogP contribution in [0.1, 0.15) is 57.9 Å². The molecule has 1 aliphatic carbocycles. The van der Waals surface area contributed by atoms with Crippen molar-refractivity contribution in [2.24, 2.45) is 11.8 Å². The number of anilines is 1. The Labute approximate surface area is 151 Å². The van der Waals surface area contributed by atoms with Crippen molar-refractivity contribution >= 4 is 21.7 Å². The van der Waals surface area contributed by atoms with Gasteiger partial charge in [0, 0.05) is 19.3 Å². The summed E-state index contributed by atoms with van der Waals surface area (Å²) >= 11 is 3.27. The Hall–Kier alpha value is -0.780. The van der Waals surface area contributed by atoms with Gasteiger partial charge in [0.15, 0.2) is 0 Å². The maximum atomic E-state index is 12.8. The second-order valence-electron chi connectivity index (χ2n) is 6.74. The Morgan fingerprint density at radius 3 is 2.29 bits per heavy atom. The average Bonchev–Trinajstić information content (AvgIpc) is 2.54. The van der Waals surface area contributed by atoms with E-state index < -0.39 is 11.7 Å². The molecular formula is C18H26BrF3N2. The van der Waals surface area contributed by atoms with Gasteiger partial charge in [-0.25, -0.2) is 4.98 Å². The summed E-state index contributed by atoms with van der Waals surface area (Å²) in [5.41, 5.74) is -0.714. The van der Waals surface area contributed by atoms with Gasteiger partial charge in [-0.15, -0.1) is 0 Å². The molecule has 0 atom stereocenters. The summed E-state index contributed by atoms with van der Waals surface area (Å²) in [7, 11) is 0. The van der Waals surface area contributed by atoms with E-state index in [4.69, 9.17) is 0 Å². The SMILES string of the molecule is CCCC1CCC(CN(CC)c2ncc(C(F)(F)F)cc2Br)CC1. The van der Waals surface area contributed by atoms with E-state index in [9.17, 15) is 13.2 Å². The maximum absolute atomic E-state index is 12.8. The molecule has 1 aromatic heterocycles. The first-order chi connectivity index (χ1) is 11.3. The Morgan fingerprint density at radius 2 is 1.79 bits per heavy atom. The molecule has 0 amide bonds. The summed E-state index contributed by atoms with van der Waals surface area (Å²) in [6.07, 6.45) is 4.10. The maximum Gasteiger partial charge on any atom is 0.417 e. The molecule has 24 heavy (non-hydrogen) atoms. The predicted octanol–water partition coefficient (Wildman–Crippen LogP) is 6.30. The minimum Gasteiger partial charge on any atom is -0.356 e. The van der Waals surface area contributed by atoms with Crippen molar-refractivity contribution in [3.8, 4) is 0 Å². The van der Waals surface area contributed by atoms with E-state index in [1.54, 1.807) is 0 Å². The molecule has 0 unspecified atom stereocenters. The van der Waals surface area contributed by atoms with E-state index in [0.29, 0.717) is 16.2 Å². The number of aromatic nitrogens is 1. The zero-order chi connectivity index (χ0) is 17.7. The van der Waals surface area contributed by atoms with Crippen molar-refractivity contribution in [2.75, 3.05) is 18.0 Å². The molecule has 1 fully saturated rings. The van der Waals surface area contributed by atoms with Gasteiger partial charge >= 0.3 is 6.18 Å². The van der Waals surface area contributed by atoms with Crippen molar-refractivity contribution in [1.29, 1.82) is 0 Å². The minimum atomic E-state index is -4.36. The van der Waals surface area contributed by atoms with Crippen molar-refractivity contribution in [3.63, 3.8) is 0 Å².